The Kier molecular flexibility index (Phi) is 3.15. The zero-order valence-corrected chi connectivity index (χ0v) is 12.3. The molecule has 2 aliphatic rings. The van der Waals surface area contributed by atoms with Crippen molar-refractivity contribution in [3.63, 3.8) is 0 Å². The molecular weight excluding hydrogens is 260 g/mol. The molecule has 2 saturated heterocycles. The molecule has 3 heteroatoms. The van der Waals surface area contributed by atoms with Crippen molar-refractivity contribution in [3.05, 3.63) is 48.2 Å². The maximum Gasteiger partial charge on any atom is 0.138 e. The monoisotopic (exact) mass is 280 g/mol. The van der Waals surface area contributed by atoms with Crippen LogP contribution in [0.15, 0.2) is 42.6 Å². The van der Waals surface area contributed by atoms with Gasteiger partial charge in [0.1, 0.15) is 11.9 Å². The van der Waals surface area contributed by atoms with Gasteiger partial charge in [0.15, 0.2) is 0 Å². The van der Waals surface area contributed by atoms with Gasteiger partial charge in [-0.1, -0.05) is 29.8 Å². The average Bonchev–Trinajstić information content (AvgIpc) is 3.12. The van der Waals surface area contributed by atoms with Gasteiger partial charge in [-0.25, -0.2) is 0 Å². The molecule has 2 bridgehead atoms. The van der Waals surface area contributed by atoms with Crippen LogP contribution in [0, 0.1) is 12.8 Å². The molecule has 1 aromatic heterocycles. The third kappa shape index (κ3) is 2.54. The van der Waals surface area contributed by atoms with Gasteiger partial charge in [0.25, 0.3) is 0 Å². The highest BCUT2D eigenvalue weighted by atomic mass is 16.5. The summed E-state index contributed by atoms with van der Waals surface area (Å²) in [5.41, 5.74) is 3.42. The number of rotatable bonds is 3. The number of aromatic nitrogens is 1. The highest BCUT2D eigenvalue weighted by Gasteiger charge is 2.39. The zero-order chi connectivity index (χ0) is 14.2. The molecule has 21 heavy (non-hydrogen) atoms. The minimum absolute atomic E-state index is 0.353. The number of hydrogen-bond acceptors (Lipinski definition) is 3. The fraction of sp³-hybridized carbons (Fsp3) is 0.389. The van der Waals surface area contributed by atoms with E-state index in [4.69, 9.17) is 4.74 Å². The van der Waals surface area contributed by atoms with Crippen LogP contribution in [-0.4, -0.2) is 35.6 Å². The highest BCUT2D eigenvalue weighted by molar-refractivity contribution is 5.59. The van der Waals surface area contributed by atoms with E-state index >= 15 is 0 Å². The van der Waals surface area contributed by atoms with E-state index in [1.807, 2.05) is 18.3 Å². The van der Waals surface area contributed by atoms with E-state index in [9.17, 15) is 0 Å². The number of aryl methyl sites for hydroxylation is 1. The Labute approximate surface area is 125 Å². The van der Waals surface area contributed by atoms with Gasteiger partial charge in [0.2, 0.25) is 0 Å². The quantitative estimate of drug-likeness (QED) is 0.863. The van der Waals surface area contributed by atoms with Crippen LogP contribution in [0.2, 0.25) is 0 Å². The topological polar surface area (TPSA) is 25.4 Å². The van der Waals surface area contributed by atoms with Crippen molar-refractivity contribution in [1.29, 1.82) is 0 Å². The summed E-state index contributed by atoms with van der Waals surface area (Å²) in [6, 6.07) is 12.6. The molecule has 1 aromatic carbocycles. The number of fused-ring (bicyclic) bond motifs is 2. The van der Waals surface area contributed by atoms with Crippen LogP contribution in [0.25, 0.3) is 11.3 Å². The third-order valence-corrected chi connectivity index (χ3v) is 4.64. The number of piperidine rings is 1. The van der Waals surface area contributed by atoms with Crippen LogP contribution in [0.3, 0.4) is 0 Å². The lowest BCUT2D eigenvalue weighted by Gasteiger charge is -2.23. The molecule has 3 nitrogen and oxygen atoms in total. The first-order valence-electron chi connectivity index (χ1n) is 7.70. The summed E-state index contributed by atoms with van der Waals surface area (Å²) in [5, 5.41) is 0. The van der Waals surface area contributed by atoms with Crippen molar-refractivity contribution in [2.24, 2.45) is 5.92 Å². The fourth-order valence-electron chi connectivity index (χ4n) is 3.39. The maximum absolute atomic E-state index is 6.12. The molecule has 4 rings (SSSR count). The van der Waals surface area contributed by atoms with Gasteiger partial charge in [0, 0.05) is 24.6 Å². The first kappa shape index (κ1) is 12.8. The van der Waals surface area contributed by atoms with Gasteiger partial charge < -0.3 is 4.74 Å². The minimum Gasteiger partial charge on any atom is -0.487 e. The van der Waals surface area contributed by atoms with Crippen molar-refractivity contribution in [3.8, 4) is 17.0 Å². The van der Waals surface area contributed by atoms with Crippen molar-refractivity contribution >= 4 is 0 Å². The Morgan fingerprint density at radius 3 is 2.57 bits per heavy atom. The second kappa shape index (κ2) is 5.15. The maximum atomic E-state index is 6.12. The summed E-state index contributed by atoms with van der Waals surface area (Å²) in [6.07, 6.45) is 3.49. The molecular formula is C18H20N2O. The summed E-state index contributed by atoms with van der Waals surface area (Å²) >= 11 is 0. The summed E-state index contributed by atoms with van der Waals surface area (Å²) < 4.78 is 6.12. The highest BCUT2D eigenvalue weighted by Crippen LogP contribution is 2.31. The van der Waals surface area contributed by atoms with E-state index in [2.05, 4.69) is 41.1 Å². The van der Waals surface area contributed by atoms with E-state index in [1.165, 1.54) is 25.1 Å². The van der Waals surface area contributed by atoms with Gasteiger partial charge in [-0.05, 0) is 32.0 Å². The second-order valence-electron chi connectivity index (χ2n) is 6.21. The first-order chi connectivity index (χ1) is 10.3. The van der Waals surface area contributed by atoms with Crippen LogP contribution >= 0.6 is 0 Å². The summed E-state index contributed by atoms with van der Waals surface area (Å²) in [4.78, 5) is 7.03. The van der Waals surface area contributed by atoms with Gasteiger partial charge >= 0.3 is 0 Å². The van der Waals surface area contributed by atoms with Crippen LogP contribution < -0.4 is 4.74 Å². The Hall–Kier alpha value is -1.87. The Bertz CT molecular complexity index is 621. The van der Waals surface area contributed by atoms with Gasteiger partial charge in [-0.15, -0.1) is 0 Å². The summed E-state index contributed by atoms with van der Waals surface area (Å²) in [6.45, 7) is 5.62. The van der Waals surface area contributed by atoms with Crippen molar-refractivity contribution in [1.82, 2.24) is 9.88 Å². The zero-order valence-electron chi connectivity index (χ0n) is 12.3. The molecule has 0 aliphatic carbocycles. The number of nitrogens with zero attached hydrogens (tertiary/aromatic N) is 2. The third-order valence-electron chi connectivity index (χ3n) is 4.64. The summed E-state index contributed by atoms with van der Waals surface area (Å²) in [7, 11) is 0. The molecule has 0 saturated carbocycles. The molecule has 3 atom stereocenters. The van der Waals surface area contributed by atoms with E-state index in [1.54, 1.807) is 0 Å². The summed E-state index contributed by atoms with van der Waals surface area (Å²) in [5.74, 6) is 1.60. The predicted octanol–water partition coefficient (Wildman–Crippen LogP) is 3.14. The second-order valence-corrected chi connectivity index (χ2v) is 6.21. The molecule has 108 valence electrons. The lowest BCUT2D eigenvalue weighted by molar-refractivity contribution is 0.141. The molecule has 0 amide bonds. The van der Waals surface area contributed by atoms with E-state index in [-0.39, 0.29) is 0 Å². The molecule has 2 fully saturated rings. The molecule has 3 heterocycles. The number of hydrogen-bond donors (Lipinski definition) is 0. The van der Waals surface area contributed by atoms with Gasteiger partial charge in [-0.2, -0.15) is 0 Å². The molecule has 2 aliphatic heterocycles. The van der Waals surface area contributed by atoms with E-state index < -0.39 is 0 Å². The molecule has 0 radical (unpaired) electrons. The van der Waals surface area contributed by atoms with E-state index in [0.29, 0.717) is 12.0 Å². The molecule has 0 N–H and O–H groups in total. The van der Waals surface area contributed by atoms with Gasteiger partial charge in [-0.3, -0.25) is 9.88 Å². The predicted molar refractivity (Wildman–Crippen MR) is 83.4 cm³/mol. The largest absolute Gasteiger partial charge is 0.487 e. The first-order valence-corrected chi connectivity index (χ1v) is 7.70. The smallest absolute Gasteiger partial charge is 0.138 e. The minimum atomic E-state index is 0.353. The van der Waals surface area contributed by atoms with Crippen LogP contribution in [0.4, 0.5) is 0 Å². The van der Waals surface area contributed by atoms with Crippen molar-refractivity contribution < 1.29 is 4.74 Å². The SMILES string of the molecule is Cc1ccc(-c2ccc(OC3CN4CCC3C4)cn2)cc1. The van der Waals surface area contributed by atoms with Crippen molar-refractivity contribution in [2.45, 2.75) is 19.4 Å². The Morgan fingerprint density at radius 1 is 1.10 bits per heavy atom. The molecule has 3 unspecified atom stereocenters. The van der Waals surface area contributed by atoms with E-state index in [0.717, 1.165) is 23.6 Å². The lowest BCUT2D eigenvalue weighted by Crippen LogP contribution is -2.32. The number of pyridine rings is 1. The van der Waals surface area contributed by atoms with Crippen molar-refractivity contribution in [2.75, 3.05) is 19.6 Å². The number of ether oxygens (including phenoxy) is 1. The fourth-order valence-corrected chi connectivity index (χ4v) is 3.39. The standard InChI is InChI=1S/C18H20N2O/c1-13-2-4-14(5-3-13)17-7-6-16(10-19-17)21-18-12-20-9-8-15(18)11-20/h2-7,10,15,18H,8-9,11-12H2,1H3. The average molecular weight is 280 g/mol. The Morgan fingerprint density at radius 2 is 1.95 bits per heavy atom. The molecule has 2 aromatic rings. The lowest BCUT2D eigenvalue weighted by atomic mass is 10.0. The van der Waals surface area contributed by atoms with Crippen LogP contribution in [0.1, 0.15) is 12.0 Å². The number of benzene rings is 1. The van der Waals surface area contributed by atoms with Crippen LogP contribution in [0.5, 0.6) is 5.75 Å². The Balaban J connectivity index is 1.47. The van der Waals surface area contributed by atoms with Crippen LogP contribution in [-0.2, 0) is 0 Å². The van der Waals surface area contributed by atoms with Gasteiger partial charge in [0.05, 0.1) is 11.9 Å². The molecule has 0 spiro atoms. The normalized spacial score (nSPS) is 27.0.